The molecule has 0 spiro atoms. The van der Waals surface area contributed by atoms with E-state index in [-0.39, 0.29) is 12.1 Å². The normalized spacial score (nSPS) is 23.8. The molecule has 1 rings (SSSR count). The lowest BCUT2D eigenvalue weighted by atomic mass is 10.00. The second kappa shape index (κ2) is 6.21. The average molecular weight is 255 g/mol. The van der Waals surface area contributed by atoms with Gasteiger partial charge in [-0.15, -0.1) is 0 Å². The van der Waals surface area contributed by atoms with Gasteiger partial charge in [0, 0.05) is 18.9 Å². The zero-order valence-corrected chi connectivity index (χ0v) is 11.9. The minimum Gasteiger partial charge on any atom is -0.444 e. The molecule has 4 heteroatoms. The largest absolute Gasteiger partial charge is 0.444 e. The average Bonchev–Trinajstić information content (AvgIpc) is 2.62. The summed E-state index contributed by atoms with van der Waals surface area (Å²) in [4.78, 5) is 23.0. The van der Waals surface area contributed by atoms with Gasteiger partial charge in [-0.05, 0) is 46.0 Å². The van der Waals surface area contributed by atoms with E-state index in [0.717, 1.165) is 19.3 Å². The van der Waals surface area contributed by atoms with E-state index in [1.807, 2.05) is 27.7 Å². The maximum atomic E-state index is 11.6. The van der Waals surface area contributed by atoms with Gasteiger partial charge in [0.25, 0.3) is 0 Å². The number of rotatable bonds is 4. The predicted octanol–water partition coefficient (Wildman–Crippen LogP) is 3.05. The van der Waals surface area contributed by atoms with Crippen molar-refractivity contribution in [3.8, 4) is 0 Å². The number of Topliss-reactive ketones (excluding diaryl/α,β-unsaturated/α-hetero) is 1. The highest BCUT2D eigenvalue weighted by Crippen LogP contribution is 2.29. The standard InChI is InChI=1S/C14H25NO3/c1-5-12(16)9-10-6-7-11(8-10)15-13(17)18-14(2,3)4/h10-11H,5-9H2,1-4H3,(H,15,17)/t10-,11+/m1/s1. The van der Waals surface area contributed by atoms with Gasteiger partial charge >= 0.3 is 6.09 Å². The van der Waals surface area contributed by atoms with E-state index in [1.54, 1.807) is 0 Å². The van der Waals surface area contributed by atoms with Crippen LogP contribution in [0.4, 0.5) is 4.79 Å². The number of ether oxygens (including phenoxy) is 1. The quantitative estimate of drug-likeness (QED) is 0.840. The Kier molecular flexibility index (Phi) is 5.17. The minimum atomic E-state index is -0.458. The fourth-order valence-corrected chi connectivity index (χ4v) is 2.33. The molecule has 1 aliphatic rings. The number of amides is 1. The first-order valence-electron chi connectivity index (χ1n) is 6.81. The van der Waals surface area contributed by atoms with Crippen LogP contribution in [0.2, 0.25) is 0 Å². The van der Waals surface area contributed by atoms with Crippen LogP contribution in [0.3, 0.4) is 0 Å². The number of carbonyl (C=O) groups excluding carboxylic acids is 2. The van der Waals surface area contributed by atoms with Crippen LogP contribution in [-0.4, -0.2) is 23.5 Å². The molecule has 1 N–H and O–H groups in total. The van der Waals surface area contributed by atoms with Crippen LogP contribution in [0.5, 0.6) is 0 Å². The summed E-state index contributed by atoms with van der Waals surface area (Å²) in [5.74, 6) is 0.746. The van der Waals surface area contributed by atoms with Gasteiger partial charge in [-0.1, -0.05) is 6.92 Å². The topological polar surface area (TPSA) is 55.4 Å². The Hall–Kier alpha value is -1.06. The van der Waals surface area contributed by atoms with Crippen LogP contribution in [0.25, 0.3) is 0 Å². The lowest BCUT2D eigenvalue weighted by molar-refractivity contribution is -0.119. The molecule has 104 valence electrons. The fourth-order valence-electron chi connectivity index (χ4n) is 2.33. The fraction of sp³-hybridized carbons (Fsp3) is 0.857. The molecule has 0 bridgehead atoms. The molecule has 0 heterocycles. The summed E-state index contributed by atoms with van der Waals surface area (Å²) in [5.41, 5.74) is -0.458. The van der Waals surface area contributed by atoms with E-state index in [4.69, 9.17) is 4.74 Å². The molecule has 1 aliphatic carbocycles. The van der Waals surface area contributed by atoms with Crippen molar-refractivity contribution in [2.45, 2.75) is 71.4 Å². The van der Waals surface area contributed by atoms with Gasteiger partial charge < -0.3 is 10.1 Å². The lowest BCUT2D eigenvalue weighted by Crippen LogP contribution is -2.38. The highest BCUT2D eigenvalue weighted by molar-refractivity contribution is 5.78. The Labute approximate surface area is 109 Å². The molecular weight excluding hydrogens is 230 g/mol. The zero-order chi connectivity index (χ0) is 13.8. The maximum Gasteiger partial charge on any atom is 0.407 e. The molecule has 1 saturated carbocycles. The van der Waals surface area contributed by atoms with Gasteiger partial charge in [-0.2, -0.15) is 0 Å². The molecule has 0 aromatic carbocycles. The number of ketones is 1. The zero-order valence-electron chi connectivity index (χ0n) is 11.9. The first-order valence-corrected chi connectivity index (χ1v) is 6.81. The summed E-state index contributed by atoms with van der Waals surface area (Å²) in [6.07, 6.45) is 3.77. The van der Waals surface area contributed by atoms with Crippen molar-refractivity contribution < 1.29 is 14.3 Å². The summed E-state index contributed by atoms with van der Waals surface area (Å²) in [6.45, 7) is 7.45. The molecular formula is C14H25NO3. The number of hydrogen-bond acceptors (Lipinski definition) is 3. The number of carbonyl (C=O) groups is 2. The third kappa shape index (κ3) is 5.52. The van der Waals surface area contributed by atoms with E-state index < -0.39 is 5.60 Å². The summed E-state index contributed by atoms with van der Waals surface area (Å²) in [5, 5.41) is 2.88. The number of hydrogen-bond donors (Lipinski definition) is 1. The molecule has 0 aromatic heterocycles. The molecule has 1 fully saturated rings. The van der Waals surface area contributed by atoms with Gasteiger partial charge in [0.1, 0.15) is 11.4 Å². The van der Waals surface area contributed by atoms with Crippen LogP contribution in [0, 0.1) is 5.92 Å². The summed E-state index contributed by atoms with van der Waals surface area (Å²) in [7, 11) is 0. The maximum absolute atomic E-state index is 11.6. The lowest BCUT2D eigenvalue weighted by Gasteiger charge is -2.21. The summed E-state index contributed by atoms with van der Waals surface area (Å²) in [6, 6.07) is 0.162. The van der Waals surface area contributed by atoms with Crippen molar-refractivity contribution in [3.05, 3.63) is 0 Å². The summed E-state index contributed by atoms with van der Waals surface area (Å²) < 4.78 is 5.22. The number of alkyl carbamates (subject to hydrolysis) is 1. The predicted molar refractivity (Wildman–Crippen MR) is 70.4 cm³/mol. The third-order valence-electron chi connectivity index (χ3n) is 3.17. The van der Waals surface area contributed by atoms with Crippen molar-refractivity contribution in [3.63, 3.8) is 0 Å². The van der Waals surface area contributed by atoms with Crippen molar-refractivity contribution in [2.24, 2.45) is 5.92 Å². The first-order chi connectivity index (χ1) is 8.30. The molecule has 0 radical (unpaired) electrons. The van der Waals surface area contributed by atoms with Gasteiger partial charge in [0.2, 0.25) is 0 Å². The second-order valence-electron chi connectivity index (χ2n) is 6.12. The molecule has 2 atom stereocenters. The van der Waals surface area contributed by atoms with E-state index in [0.29, 0.717) is 24.5 Å². The minimum absolute atomic E-state index is 0.162. The molecule has 18 heavy (non-hydrogen) atoms. The first kappa shape index (κ1) is 15.0. The van der Waals surface area contributed by atoms with Crippen molar-refractivity contribution in [2.75, 3.05) is 0 Å². The third-order valence-corrected chi connectivity index (χ3v) is 3.17. The second-order valence-corrected chi connectivity index (χ2v) is 6.12. The summed E-state index contributed by atoms with van der Waals surface area (Å²) >= 11 is 0. The monoisotopic (exact) mass is 255 g/mol. The van der Waals surface area contributed by atoms with Gasteiger partial charge in [-0.3, -0.25) is 4.79 Å². The van der Waals surface area contributed by atoms with Crippen LogP contribution < -0.4 is 5.32 Å². The van der Waals surface area contributed by atoms with Crippen molar-refractivity contribution >= 4 is 11.9 Å². The Balaban J connectivity index is 2.30. The van der Waals surface area contributed by atoms with Gasteiger partial charge in [0.15, 0.2) is 0 Å². The highest BCUT2D eigenvalue weighted by Gasteiger charge is 2.28. The van der Waals surface area contributed by atoms with Crippen LogP contribution in [-0.2, 0) is 9.53 Å². The molecule has 0 aromatic rings. The smallest absolute Gasteiger partial charge is 0.407 e. The molecule has 0 aliphatic heterocycles. The highest BCUT2D eigenvalue weighted by atomic mass is 16.6. The molecule has 0 saturated heterocycles. The number of nitrogens with one attached hydrogen (secondary N) is 1. The Morgan fingerprint density at radius 2 is 1.94 bits per heavy atom. The SMILES string of the molecule is CCC(=O)C[C@@H]1CC[C@H](NC(=O)OC(C)(C)C)C1. The Bertz CT molecular complexity index is 307. The van der Waals surface area contributed by atoms with E-state index in [2.05, 4.69) is 5.32 Å². The molecule has 1 amide bonds. The molecule has 4 nitrogen and oxygen atoms in total. The Morgan fingerprint density at radius 3 is 2.50 bits per heavy atom. The van der Waals surface area contributed by atoms with Crippen LogP contribution in [0.15, 0.2) is 0 Å². The van der Waals surface area contributed by atoms with E-state index >= 15 is 0 Å². The van der Waals surface area contributed by atoms with Gasteiger partial charge in [-0.25, -0.2) is 4.79 Å². The van der Waals surface area contributed by atoms with E-state index in [1.165, 1.54) is 0 Å². The van der Waals surface area contributed by atoms with Crippen molar-refractivity contribution in [1.82, 2.24) is 5.32 Å². The Morgan fingerprint density at radius 1 is 1.28 bits per heavy atom. The van der Waals surface area contributed by atoms with Crippen LogP contribution in [0.1, 0.15) is 59.8 Å². The van der Waals surface area contributed by atoms with E-state index in [9.17, 15) is 9.59 Å². The van der Waals surface area contributed by atoms with Crippen molar-refractivity contribution in [1.29, 1.82) is 0 Å². The van der Waals surface area contributed by atoms with Gasteiger partial charge in [0.05, 0.1) is 0 Å². The molecule has 0 unspecified atom stereocenters. The van der Waals surface area contributed by atoms with Crippen LogP contribution >= 0.6 is 0 Å².